The first kappa shape index (κ1) is 20.9. The summed E-state index contributed by atoms with van der Waals surface area (Å²) < 4.78 is 0. The zero-order valence-electron chi connectivity index (χ0n) is 16.1. The predicted molar refractivity (Wildman–Crippen MR) is 110 cm³/mol. The summed E-state index contributed by atoms with van der Waals surface area (Å²) in [5.74, 6) is 1.22. The van der Waals surface area contributed by atoms with Crippen molar-refractivity contribution >= 4 is 11.8 Å². The fraction of sp³-hybridized carbons (Fsp3) is 0.524. The summed E-state index contributed by atoms with van der Waals surface area (Å²) in [6.45, 7) is 10.3. The van der Waals surface area contributed by atoms with Crippen LogP contribution in [0.5, 0.6) is 0 Å². The Labute approximate surface area is 153 Å². The van der Waals surface area contributed by atoms with Crippen LogP contribution in [0.15, 0.2) is 42.7 Å². The Morgan fingerprint density at radius 3 is 2.76 bits per heavy atom. The maximum absolute atomic E-state index is 5.83. The minimum atomic E-state index is 0.326. The van der Waals surface area contributed by atoms with Gasteiger partial charge in [0, 0.05) is 17.8 Å². The molecule has 1 aromatic heterocycles. The SMILES string of the molecule is C=C/C=C(\C=C/C)CCc1cnc(N)nc1NC(CCC)CCCC. The molecule has 25 heavy (non-hydrogen) atoms. The molecule has 0 spiro atoms. The van der Waals surface area contributed by atoms with Gasteiger partial charge in [-0.15, -0.1) is 0 Å². The van der Waals surface area contributed by atoms with Crippen LogP contribution in [-0.2, 0) is 6.42 Å². The minimum Gasteiger partial charge on any atom is -0.368 e. The van der Waals surface area contributed by atoms with Gasteiger partial charge in [0.25, 0.3) is 0 Å². The third kappa shape index (κ3) is 8.01. The van der Waals surface area contributed by atoms with E-state index in [1.54, 1.807) is 0 Å². The van der Waals surface area contributed by atoms with Gasteiger partial charge in [-0.2, -0.15) is 4.98 Å². The molecule has 1 aromatic rings. The second kappa shape index (κ2) is 12.3. The third-order valence-electron chi connectivity index (χ3n) is 4.16. The molecule has 0 bridgehead atoms. The highest BCUT2D eigenvalue weighted by Crippen LogP contribution is 2.21. The first-order chi connectivity index (χ1) is 12.1. The van der Waals surface area contributed by atoms with Gasteiger partial charge in [-0.25, -0.2) is 4.98 Å². The van der Waals surface area contributed by atoms with E-state index in [0.29, 0.717) is 12.0 Å². The summed E-state index contributed by atoms with van der Waals surface area (Å²) >= 11 is 0. The number of allylic oxidation sites excluding steroid dienone is 5. The highest BCUT2D eigenvalue weighted by Gasteiger charge is 2.12. The number of hydrogen-bond donors (Lipinski definition) is 2. The van der Waals surface area contributed by atoms with Gasteiger partial charge < -0.3 is 11.1 Å². The summed E-state index contributed by atoms with van der Waals surface area (Å²) in [6.07, 6.45) is 17.6. The molecular formula is C21H34N4. The van der Waals surface area contributed by atoms with Gasteiger partial charge in [-0.05, 0) is 38.2 Å². The number of hydrogen-bond acceptors (Lipinski definition) is 4. The molecule has 4 nitrogen and oxygen atoms in total. The van der Waals surface area contributed by atoms with Crippen molar-refractivity contribution in [2.75, 3.05) is 11.1 Å². The van der Waals surface area contributed by atoms with Crippen LogP contribution in [0.2, 0.25) is 0 Å². The Morgan fingerprint density at radius 2 is 2.12 bits per heavy atom. The van der Waals surface area contributed by atoms with Crippen LogP contribution in [0.3, 0.4) is 0 Å². The Balaban J connectivity index is 2.89. The molecule has 0 radical (unpaired) electrons. The lowest BCUT2D eigenvalue weighted by molar-refractivity contribution is 0.562. The molecule has 1 heterocycles. The van der Waals surface area contributed by atoms with Crippen molar-refractivity contribution in [3.63, 3.8) is 0 Å². The molecule has 1 rings (SSSR count). The van der Waals surface area contributed by atoms with Gasteiger partial charge in [-0.3, -0.25) is 0 Å². The lowest BCUT2D eigenvalue weighted by Crippen LogP contribution is -2.21. The summed E-state index contributed by atoms with van der Waals surface area (Å²) in [7, 11) is 0. The summed E-state index contributed by atoms with van der Waals surface area (Å²) in [4.78, 5) is 8.67. The van der Waals surface area contributed by atoms with Gasteiger partial charge >= 0.3 is 0 Å². The van der Waals surface area contributed by atoms with Crippen molar-refractivity contribution < 1.29 is 0 Å². The first-order valence-electron chi connectivity index (χ1n) is 9.46. The molecule has 138 valence electrons. The van der Waals surface area contributed by atoms with Crippen LogP contribution in [0.1, 0.15) is 64.9 Å². The van der Waals surface area contributed by atoms with Crippen molar-refractivity contribution in [3.05, 3.63) is 48.2 Å². The van der Waals surface area contributed by atoms with Crippen LogP contribution in [-0.4, -0.2) is 16.0 Å². The Bertz CT molecular complexity index is 575. The van der Waals surface area contributed by atoms with E-state index in [0.717, 1.165) is 43.5 Å². The molecule has 0 amide bonds. The quantitative estimate of drug-likeness (QED) is 0.496. The van der Waals surface area contributed by atoms with Gasteiger partial charge in [-0.1, -0.05) is 64.0 Å². The maximum atomic E-state index is 5.83. The number of aryl methyl sites for hydroxylation is 1. The van der Waals surface area contributed by atoms with Gasteiger partial charge in [0.15, 0.2) is 0 Å². The summed E-state index contributed by atoms with van der Waals surface area (Å²) in [6, 6.07) is 0.441. The number of unbranched alkanes of at least 4 members (excludes halogenated alkanes) is 1. The van der Waals surface area contributed by atoms with E-state index in [9.17, 15) is 0 Å². The normalized spacial score (nSPS) is 13.2. The number of aromatic nitrogens is 2. The lowest BCUT2D eigenvalue weighted by atomic mass is 10.0. The average molecular weight is 343 g/mol. The van der Waals surface area contributed by atoms with Gasteiger partial charge in [0.2, 0.25) is 5.95 Å². The number of nitrogen functional groups attached to an aromatic ring is 1. The zero-order valence-corrected chi connectivity index (χ0v) is 16.1. The van der Waals surface area contributed by atoms with Gasteiger partial charge in [0.05, 0.1) is 0 Å². The second-order valence-corrected chi connectivity index (χ2v) is 6.35. The summed E-state index contributed by atoms with van der Waals surface area (Å²) in [5.41, 5.74) is 8.19. The third-order valence-corrected chi connectivity index (χ3v) is 4.16. The molecule has 0 aromatic carbocycles. The molecule has 0 saturated carbocycles. The van der Waals surface area contributed by atoms with Crippen LogP contribution < -0.4 is 11.1 Å². The van der Waals surface area contributed by atoms with E-state index in [1.165, 1.54) is 18.4 Å². The minimum absolute atomic E-state index is 0.326. The molecule has 1 unspecified atom stereocenters. The second-order valence-electron chi connectivity index (χ2n) is 6.35. The van der Waals surface area contributed by atoms with Crippen LogP contribution in [0.25, 0.3) is 0 Å². The number of nitrogens with zero attached hydrogens (tertiary/aromatic N) is 2. The predicted octanol–water partition coefficient (Wildman–Crippen LogP) is 5.45. The van der Waals surface area contributed by atoms with E-state index >= 15 is 0 Å². The largest absolute Gasteiger partial charge is 0.368 e. The van der Waals surface area contributed by atoms with Crippen molar-refractivity contribution in [2.45, 2.75) is 71.8 Å². The zero-order chi connectivity index (χ0) is 18.5. The Morgan fingerprint density at radius 1 is 1.32 bits per heavy atom. The standard InChI is InChI=1S/C21H34N4/c1-5-9-13-19(12-8-4)24-20-18(16-23-21(22)25-20)15-14-17(10-6-2)11-7-3/h6-7,10-11,16,19H,2,5,8-9,12-15H2,1,3-4H3,(H3,22,23,24,25)/b11-7-,17-10+. The number of anilines is 2. The molecular weight excluding hydrogens is 308 g/mol. The Kier molecular flexibility index (Phi) is 10.3. The first-order valence-corrected chi connectivity index (χ1v) is 9.46. The number of rotatable bonds is 12. The molecule has 0 aliphatic rings. The average Bonchev–Trinajstić information content (AvgIpc) is 2.59. The molecule has 0 aliphatic carbocycles. The molecule has 3 N–H and O–H groups in total. The maximum Gasteiger partial charge on any atom is 0.221 e. The van der Waals surface area contributed by atoms with Crippen molar-refractivity contribution in [3.8, 4) is 0 Å². The topological polar surface area (TPSA) is 63.8 Å². The van der Waals surface area contributed by atoms with Crippen LogP contribution in [0.4, 0.5) is 11.8 Å². The monoisotopic (exact) mass is 342 g/mol. The number of nitrogens with two attached hydrogens (primary N) is 1. The summed E-state index contributed by atoms with van der Waals surface area (Å²) in [5, 5.41) is 3.62. The molecule has 1 atom stereocenters. The lowest BCUT2D eigenvalue weighted by Gasteiger charge is -2.20. The van der Waals surface area contributed by atoms with Crippen molar-refractivity contribution in [2.24, 2.45) is 0 Å². The highest BCUT2D eigenvalue weighted by atomic mass is 15.1. The molecule has 0 saturated heterocycles. The molecule has 0 aliphatic heterocycles. The van der Waals surface area contributed by atoms with E-state index < -0.39 is 0 Å². The van der Waals surface area contributed by atoms with Crippen LogP contribution in [0, 0.1) is 0 Å². The van der Waals surface area contributed by atoms with Crippen molar-refractivity contribution in [1.29, 1.82) is 0 Å². The number of nitrogens with one attached hydrogen (secondary N) is 1. The molecule has 4 heteroatoms. The van der Waals surface area contributed by atoms with E-state index in [1.807, 2.05) is 25.3 Å². The van der Waals surface area contributed by atoms with E-state index in [-0.39, 0.29) is 0 Å². The highest BCUT2D eigenvalue weighted by molar-refractivity contribution is 5.47. The Hall–Kier alpha value is -2.10. The van der Waals surface area contributed by atoms with E-state index in [4.69, 9.17) is 5.73 Å². The fourth-order valence-corrected chi connectivity index (χ4v) is 2.88. The van der Waals surface area contributed by atoms with Gasteiger partial charge in [0.1, 0.15) is 5.82 Å². The van der Waals surface area contributed by atoms with Crippen LogP contribution >= 0.6 is 0 Å². The smallest absolute Gasteiger partial charge is 0.221 e. The van der Waals surface area contributed by atoms with E-state index in [2.05, 4.69) is 47.9 Å². The van der Waals surface area contributed by atoms with Crippen molar-refractivity contribution in [1.82, 2.24) is 9.97 Å². The fourth-order valence-electron chi connectivity index (χ4n) is 2.88. The molecule has 0 fully saturated rings.